The molecule has 0 aliphatic carbocycles. The summed E-state index contributed by atoms with van der Waals surface area (Å²) < 4.78 is 0. The lowest BCUT2D eigenvalue weighted by Crippen LogP contribution is -2.56. The van der Waals surface area contributed by atoms with Gasteiger partial charge in [0.15, 0.2) is 5.16 Å². The number of nitrogens with zero attached hydrogens (tertiary/aromatic N) is 4. The fraction of sp³-hybridized carbons (Fsp3) is 0.700. The van der Waals surface area contributed by atoms with E-state index in [2.05, 4.69) is 39.3 Å². The molecule has 1 aliphatic rings. The van der Waals surface area contributed by atoms with Crippen molar-refractivity contribution in [3.63, 3.8) is 0 Å². The van der Waals surface area contributed by atoms with Crippen LogP contribution in [0.2, 0.25) is 5.15 Å². The highest BCUT2D eigenvalue weighted by atomic mass is 35.5. The van der Waals surface area contributed by atoms with Gasteiger partial charge in [-0.2, -0.15) is 0 Å². The predicted molar refractivity (Wildman–Crippen MR) is 122 cm³/mol. The molecule has 1 atom stereocenters. The first-order valence-electron chi connectivity index (χ1n) is 10.7. The second-order valence-corrected chi connectivity index (χ2v) is 8.73. The summed E-state index contributed by atoms with van der Waals surface area (Å²) in [5, 5.41) is 6.70. The number of anilines is 1. The van der Waals surface area contributed by atoms with Crippen LogP contribution in [0, 0.1) is 0 Å². The minimum atomic E-state index is -0.0325. The molecule has 0 aromatic carbocycles. The van der Waals surface area contributed by atoms with Crippen molar-refractivity contribution < 1.29 is 9.59 Å². The Hall–Kier alpha value is -1.74. The number of amides is 3. The maximum atomic E-state index is 12.4. The van der Waals surface area contributed by atoms with Crippen LogP contribution in [0.3, 0.4) is 0 Å². The van der Waals surface area contributed by atoms with Gasteiger partial charge in [0, 0.05) is 44.8 Å². The number of hydrogen-bond donors (Lipinski definition) is 2. The van der Waals surface area contributed by atoms with E-state index < -0.39 is 0 Å². The van der Waals surface area contributed by atoms with E-state index in [0.29, 0.717) is 43.0 Å². The zero-order valence-corrected chi connectivity index (χ0v) is 19.7. The molecule has 0 bridgehead atoms. The van der Waals surface area contributed by atoms with Crippen LogP contribution >= 0.6 is 23.4 Å². The molecule has 0 radical (unpaired) electrons. The zero-order chi connectivity index (χ0) is 21.9. The number of aromatic nitrogens is 2. The van der Waals surface area contributed by atoms with Gasteiger partial charge >= 0.3 is 6.03 Å². The van der Waals surface area contributed by atoms with E-state index in [0.717, 1.165) is 31.5 Å². The standard InChI is InChI=1S/C20H33ClN6O2S/c1-4-6-8-22-18(28)14-30-19-24-16(21)12-17(25-19)26-10-11-27(15(3)13-26)20(29)23-9-7-5-2/h12,15H,4-11,13-14H2,1-3H3,(H,22,28)(H,23,29). The molecule has 168 valence electrons. The normalized spacial score (nSPS) is 16.5. The van der Waals surface area contributed by atoms with Gasteiger partial charge in [0.1, 0.15) is 11.0 Å². The first kappa shape index (κ1) is 24.5. The third-order valence-corrected chi connectivity index (χ3v) is 5.91. The van der Waals surface area contributed by atoms with Crippen LogP contribution in [0.4, 0.5) is 10.6 Å². The maximum absolute atomic E-state index is 12.4. The zero-order valence-electron chi connectivity index (χ0n) is 18.1. The highest BCUT2D eigenvalue weighted by molar-refractivity contribution is 7.99. The summed E-state index contributed by atoms with van der Waals surface area (Å²) >= 11 is 7.48. The molecule has 2 rings (SSSR count). The van der Waals surface area contributed by atoms with E-state index in [1.807, 2.05) is 11.8 Å². The van der Waals surface area contributed by atoms with Crippen molar-refractivity contribution in [1.29, 1.82) is 0 Å². The lowest BCUT2D eigenvalue weighted by Gasteiger charge is -2.40. The van der Waals surface area contributed by atoms with Crippen LogP contribution < -0.4 is 15.5 Å². The van der Waals surface area contributed by atoms with E-state index in [-0.39, 0.29) is 23.7 Å². The van der Waals surface area contributed by atoms with Gasteiger partial charge in [-0.1, -0.05) is 50.1 Å². The number of nitrogens with one attached hydrogen (secondary N) is 2. The van der Waals surface area contributed by atoms with E-state index in [4.69, 9.17) is 11.6 Å². The van der Waals surface area contributed by atoms with Crippen molar-refractivity contribution >= 4 is 41.1 Å². The Balaban J connectivity index is 1.92. The Labute approximate surface area is 188 Å². The summed E-state index contributed by atoms with van der Waals surface area (Å²) in [6.07, 6.45) is 4.05. The highest BCUT2D eigenvalue weighted by Gasteiger charge is 2.28. The number of piperazine rings is 1. The molecular formula is C20H33ClN6O2S. The first-order valence-corrected chi connectivity index (χ1v) is 12.0. The second kappa shape index (κ2) is 12.8. The van der Waals surface area contributed by atoms with Gasteiger partial charge in [0.05, 0.1) is 5.75 Å². The maximum Gasteiger partial charge on any atom is 0.317 e. The molecule has 2 heterocycles. The summed E-state index contributed by atoms with van der Waals surface area (Å²) in [7, 11) is 0. The lowest BCUT2D eigenvalue weighted by molar-refractivity contribution is -0.118. The molecule has 3 amide bonds. The number of halogens is 1. The Morgan fingerprint density at radius 1 is 1.17 bits per heavy atom. The smallest absolute Gasteiger partial charge is 0.317 e. The topological polar surface area (TPSA) is 90.5 Å². The van der Waals surface area contributed by atoms with E-state index in [1.54, 1.807) is 6.07 Å². The summed E-state index contributed by atoms with van der Waals surface area (Å²) in [6.45, 7) is 9.56. The van der Waals surface area contributed by atoms with Crippen LogP contribution in [-0.2, 0) is 4.79 Å². The van der Waals surface area contributed by atoms with Crippen LogP contribution in [0.5, 0.6) is 0 Å². The molecule has 8 nitrogen and oxygen atoms in total. The fourth-order valence-corrected chi connectivity index (χ4v) is 4.05. The van der Waals surface area contributed by atoms with Gasteiger partial charge in [-0.15, -0.1) is 0 Å². The monoisotopic (exact) mass is 456 g/mol. The number of unbranched alkanes of at least 4 members (excludes halogenated alkanes) is 2. The molecule has 30 heavy (non-hydrogen) atoms. The quantitative estimate of drug-likeness (QED) is 0.243. The van der Waals surface area contributed by atoms with Crippen molar-refractivity contribution in [1.82, 2.24) is 25.5 Å². The molecule has 0 spiro atoms. The molecule has 1 aromatic rings. The van der Waals surface area contributed by atoms with Crippen LogP contribution in [0.1, 0.15) is 46.5 Å². The van der Waals surface area contributed by atoms with Gasteiger partial charge in [-0.25, -0.2) is 14.8 Å². The van der Waals surface area contributed by atoms with Crippen molar-refractivity contribution in [2.24, 2.45) is 0 Å². The lowest BCUT2D eigenvalue weighted by atomic mass is 10.2. The SMILES string of the molecule is CCCCNC(=O)CSc1nc(Cl)cc(N2CCN(C(=O)NCCCC)C(C)C2)n1. The Morgan fingerprint density at radius 2 is 1.87 bits per heavy atom. The largest absolute Gasteiger partial charge is 0.355 e. The van der Waals surface area contributed by atoms with Crippen LogP contribution in [-0.4, -0.2) is 71.3 Å². The molecule has 1 aromatic heterocycles. The summed E-state index contributed by atoms with van der Waals surface area (Å²) in [6, 6.07) is 1.77. The third kappa shape index (κ3) is 7.83. The summed E-state index contributed by atoms with van der Waals surface area (Å²) in [5.41, 5.74) is 0. The van der Waals surface area contributed by atoms with Gasteiger partial charge in [-0.05, 0) is 19.8 Å². The number of carbonyl (C=O) groups is 2. The molecule has 1 fully saturated rings. The summed E-state index contributed by atoms with van der Waals surface area (Å²) in [4.78, 5) is 37.1. The minimum Gasteiger partial charge on any atom is -0.355 e. The Morgan fingerprint density at radius 3 is 2.53 bits per heavy atom. The second-order valence-electron chi connectivity index (χ2n) is 7.40. The minimum absolute atomic E-state index is 0.0124. The number of carbonyl (C=O) groups excluding carboxylic acids is 2. The van der Waals surface area contributed by atoms with Crippen LogP contribution in [0.15, 0.2) is 11.2 Å². The molecule has 1 saturated heterocycles. The predicted octanol–water partition coefficient (Wildman–Crippen LogP) is 3.16. The Kier molecular flexibility index (Phi) is 10.5. The van der Waals surface area contributed by atoms with Crippen LogP contribution in [0.25, 0.3) is 0 Å². The number of rotatable bonds is 10. The molecule has 1 aliphatic heterocycles. The Bertz CT molecular complexity index is 708. The van der Waals surface area contributed by atoms with E-state index >= 15 is 0 Å². The van der Waals surface area contributed by atoms with Crippen molar-refractivity contribution in [3.8, 4) is 0 Å². The molecule has 0 saturated carbocycles. The van der Waals surface area contributed by atoms with Crippen molar-refractivity contribution in [3.05, 3.63) is 11.2 Å². The van der Waals surface area contributed by atoms with Crippen molar-refractivity contribution in [2.75, 3.05) is 43.4 Å². The van der Waals surface area contributed by atoms with E-state index in [9.17, 15) is 9.59 Å². The van der Waals surface area contributed by atoms with Gasteiger partial charge in [0.2, 0.25) is 5.91 Å². The number of hydrogen-bond acceptors (Lipinski definition) is 6. The molecule has 10 heteroatoms. The summed E-state index contributed by atoms with van der Waals surface area (Å²) in [5.74, 6) is 0.947. The van der Waals surface area contributed by atoms with Gasteiger partial charge in [-0.3, -0.25) is 4.79 Å². The van der Waals surface area contributed by atoms with Gasteiger partial charge in [0.25, 0.3) is 0 Å². The van der Waals surface area contributed by atoms with E-state index in [1.165, 1.54) is 11.8 Å². The molecule has 1 unspecified atom stereocenters. The number of urea groups is 1. The number of thioether (sulfide) groups is 1. The van der Waals surface area contributed by atoms with Gasteiger partial charge < -0.3 is 20.4 Å². The average molecular weight is 457 g/mol. The highest BCUT2D eigenvalue weighted by Crippen LogP contribution is 2.24. The first-order chi connectivity index (χ1) is 14.4. The molecule has 2 N–H and O–H groups in total. The average Bonchev–Trinajstić information content (AvgIpc) is 2.72. The van der Waals surface area contributed by atoms with Crippen molar-refractivity contribution in [2.45, 2.75) is 57.7 Å². The third-order valence-electron chi connectivity index (χ3n) is 4.86. The molecular weight excluding hydrogens is 424 g/mol. The fourth-order valence-electron chi connectivity index (χ4n) is 3.14.